The third-order valence-electron chi connectivity index (χ3n) is 7.82. The highest BCUT2D eigenvalue weighted by molar-refractivity contribution is 6.01. The van der Waals surface area contributed by atoms with E-state index in [9.17, 15) is 24.0 Å². The van der Waals surface area contributed by atoms with Gasteiger partial charge in [0.15, 0.2) is 0 Å². The summed E-state index contributed by atoms with van der Waals surface area (Å²) in [5, 5.41) is 14.3. The van der Waals surface area contributed by atoms with Gasteiger partial charge in [-0.15, -0.1) is 5.10 Å². The van der Waals surface area contributed by atoms with E-state index in [2.05, 4.69) is 20.9 Å². The summed E-state index contributed by atoms with van der Waals surface area (Å²) >= 11 is 0. The zero-order valence-electron chi connectivity index (χ0n) is 28.4. The molecular formula is C32H57N7O6. The first-order valence-corrected chi connectivity index (χ1v) is 16.1. The minimum Gasteiger partial charge on any atom is -0.373 e. The molecule has 0 aliphatic carbocycles. The Bertz CT molecular complexity index is 1120. The number of nitrogens with two attached hydrogens (primary N) is 2. The van der Waals surface area contributed by atoms with Gasteiger partial charge in [-0.05, 0) is 73.1 Å². The topological polar surface area (TPSA) is 201 Å². The second-order valence-corrected chi connectivity index (χ2v) is 13.4. The van der Waals surface area contributed by atoms with Crippen molar-refractivity contribution in [1.82, 2.24) is 25.6 Å². The first-order valence-electron chi connectivity index (χ1n) is 16.1. The monoisotopic (exact) mass is 635 g/mol. The van der Waals surface area contributed by atoms with Crippen LogP contribution in [0.3, 0.4) is 0 Å². The Morgan fingerprint density at radius 1 is 0.933 bits per heavy atom. The van der Waals surface area contributed by atoms with Crippen molar-refractivity contribution in [2.45, 2.75) is 130 Å². The van der Waals surface area contributed by atoms with E-state index in [1.54, 1.807) is 18.5 Å². The van der Waals surface area contributed by atoms with E-state index in [-0.39, 0.29) is 35.7 Å². The number of carbonyl (C=O) groups excluding carboxylic acids is 5. The van der Waals surface area contributed by atoms with Crippen LogP contribution in [0.5, 0.6) is 0 Å². The van der Waals surface area contributed by atoms with Gasteiger partial charge in [0.05, 0.1) is 35.4 Å². The van der Waals surface area contributed by atoms with Crippen LogP contribution in [0.2, 0.25) is 0 Å². The molecule has 13 heteroatoms. The van der Waals surface area contributed by atoms with Gasteiger partial charge in [-0.1, -0.05) is 25.5 Å². The molecule has 6 N–H and O–H groups in total. The minimum atomic E-state index is -0.775. The molecule has 0 saturated carbocycles. The maximum absolute atomic E-state index is 12.3. The summed E-state index contributed by atoms with van der Waals surface area (Å²) < 4.78 is 7.92. The molecule has 0 bridgehead atoms. The number of Topliss-reactive ketones (excluding diaryl/α,β-unsaturated/α-hetero) is 2. The Kier molecular flexibility index (Phi) is 17.1. The third kappa shape index (κ3) is 16.1. The molecule has 0 aliphatic heterocycles. The van der Waals surface area contributed by atoms with Gasteiger partial charge in [-0.3, -0.25) is 24.0 Å². The van der Waals surface area contributed by atoms with Crippen LogP contribution in [0.25, 0.3) is 0 Å². The van der Waals surface area contributed by atoms with E-state index >= 15 is 0 Å². The SMILES string of the molecule is CC(=O)C(N)CCCCNC(=O)CCC(C)(C)OCC(C)(C)n1cc(CCC(=O)NCCCCC(C(N)=O)C(=O)C(C)C)nn1. The van der Waals surface area contributed by atoms with Crippen LogP contribution in [-0.2, 0) is 40.7 Å². The highest BCUT2D eigenvalue weighted by Gasteiger charge is 2.28. The number of hydrogen-bond donors (Lipinski definition) is 4. The normalized spacial score (nSPS) is 13.4. The van der Waals surface area contributed by atoms with E-state index < -0.39 is 29.0 Å². The molecule has 0 saturated heterocycles. The largest absolute Gasteiger partial charge is 0.373 e. The minimum absolute atomic E-state index is 0.0194. The van der Waals surface area contributed by atoms with Crippen molar-refractivity contribution in [1.29, 1.82) is 0 Å². The van der Waals surface area contributed by atoms with Crippen LogP contribution < -0.4 is 22.1 Å². The summed E-state index contributed by atoms with van der Waals surface area (Å²) in [6, 6.07) is -0.430. The highest BCUT2D eigenvalue weighted by atomic mass is 16.5. The molecule has 2 atom stereocenters. The summed E-state index contributed by atoms with van der Waals surface area (Å²) in [6.45, 7) is 14.2. The molecule has 0 aromatic carbocycles. The lowest BCUT2D eigenvalue weighted by molar-refractivity contribution is -0.134. The van der Waals surface area contributed by atoms with Gasteiger partial charge >= 0.3 is 0 Å². The molecule has 3 amide bonds. The highest BCUT2D eigenvalue weighted by Crippen LogP contribution is 2.23. The average Bonchev–Trinajstić information content (AvgIpc) is 3.45. The lowest BCUT2D eigenvalue weighted by Crippen LogP contribution is -2.38. The average molecular weight is 636 g/mol. The van der Waals surface area contributed by atoms with Crippen molar-refractivity contribution >= 4 is 29.3 Å². The molecule has 0 spiro atoms. The fraction of sp³-hybridized carbons (Fsp3) is 0.781. The Morgan fingerprint density at radius 2 is 1.51 bits per heavy atom. The van der Waals surface area contributed by atoms with Crippen molar-refractivity contribution in [3.05, 3.63) is 11.9 Å². The van der Waals surface area contributed by atoms with Gasteiger partial charge in [0, 0.05) is 44.5 Å². The number of nitrogens with one attached hydrogen (secondary N) is 2. The van der Waals surface area contributed by atoms with E-state index in [0.717, 1.165) is 12.8 Å². The van der Waals surface area contributed by atoms with E-state index in [0.29, 0.717) is 70.3 Å². The molecule has 0 radical (unpaired) electrons. The van der Waals surface area contributed by atoms with E-state index in [4.69, 9.17) is 16.2 Å². The lowest BCUT2D eigenvalue weighted by Gasteiger charge is -2.31. The van der Waals surface area contributed by atoms with Crippen LogP contribution in [0.15, 0.2) is 6.20 Å². The number of hydrogen-bond acceptors (Lipinski definition) is 9. The van der Waals surface area contributed by atoms with Crippen molar-refractivity contribution < 1.29 is 28.7 Å². The summed E-state index contributed by atoms with van der Waals surface area (Å²) in [5.41, 5.74) is 10.8. The number of rotatable bonds is 24. The van der Waals surface area contributed by atoms with Crippen LogP contribution >= 0.6 is 0 Å². The molecule has 0 aliphatic rings. The van der Waals surface area contributed by atoms with Crippen LogP contribution in [0.1, 0.15) is 112 Å². The van der Waals surface area contributed by atoms with Crippen LogP contribution in [0.4, 0.5) is 0 Å². The standard InChI is InChI=1S/C32H57N7O6/c1-22(2)29(43)25(30(34)44)12-8-10-18-35-27(41)15-14-24-20-39(38-37-24)31(4,5)21-45-32(6,7)17-16-28(42)36-19-11-9-13-26(33)23(3)40/h20,22,25-26H,8-19,21,33H2,1-7H3,(H2,34,44)(H,35,41)(H,36,42). The number of ether oxygens (including phenoxy) is 1. The molecular weight excluding hydrogens is 578 g/mol. The molecule has 1 aromatic heterocycles. The summed E-state index contributed by atoms with van der Waals surface area (Å²) in [7, 11) is 0. The smallest absolute Gasteiger partial charge is 0.228 e. The van der Waals surface area contributed by atoms with E-state index in [1.165, 1.54) is 6.92 Å². The maximum Gasteiger partial charge on any atom is 0.228 e. The number of carbonyl (C=O) groups is 5. The maximum atomic E-state index is 12.3. The lowest BCUT2D eigenvalue weighted by atomic mass is 9.90. The second-order valence-electron chi connectivity index (χ2n) is 13.4. The molecule has 2 unspecified atom stereocenters. The molecule has 1 rings (SSSR count). The predicted octanol–water partition coefficient (Wildman–Crippen LogP) is 2.34. The first kappa shape index (κ1) is 39.8. The van der Waals surface area contributed by atoms with Crippen molar-refractivity contribution in [2.24, 2.45) is 23.3 Å². The quantitative estimate of drug-likeness (QED) is 0.0971. The first-order chi connectivity index (χ1) is 20.9. The zero-order chi connectivity index (χ0) is 34.2. The fourth-order valence-corrected chi connectivity index (χ4v) is 4.50. The van der Waals surface area contributed by atoms with Gasteiger partial charge in [0.2, 0.25) is 17.7 Å². The molecule has 1 heterocycles. The van der Waals surface area contributed by atoms with Crippen molar-refractivity contribution in [3.8, 4) is 0 Å². The van der Waals surface area contributed by atoms with Crippen LogP contribution in [0, 0.1) is 11.8 Å². The van der Waals surface area contributed by atoms with Gasteiger partial charge in [-0.25, -0.2) is 4.68 Å². The summed E-state index contributed by atoms with van der Waals surface area (Å²) in [4.78, 5) is 59.5. The fourth-order valence-electron chi connectivity index (χ4n) is 4.50. The number of unbranched alkanes of at least 4 members (excludes halogenated alkanes) is 2. The number of aryl methyl sites for hydroxylation is 1. The Balaban J connectivity index is 2.36. The Hall–Kier alpha value is -3.19. The number of ketones is 2. The Morgan fingerprint density at radius 3 is 2.07 bits per heavy atom. The zero-order valence-corrected chi connectivity index (χ0v) is 28.4. The van der Waals surface area contributed by atoms with E-state index in [1.807, 2.05) is 33.9 Å². The predicted molar refractivity (Wildman–Crippen MR) is 172 cm³/mol. The summed E-state index contributed by atoms with van der Waals surface area (Å²) in [5.74, 6) is -1.93. The Labute approximate surface area is 268 Å². The van der Waals surface area contributed by atoms with Crippen molar-refractivity contribution in [3.63, 3.8) is 0 Å². The molecule has 0 fully saturated rings. The third-order valence-corrected chi connectivity index (χ3v) is 7.82. The molecule has 13 nitrogen and oxygen atoms in total. The second kappa shape index (κ2) is 19.4. The molecule has 45 heavy (non-hydrogen) atoms. The number of nitrogens with zero attached hydrogens (tertiary/aromatic N) is 3. The van der Waals surface area contributed by atoms with Crippen molar-refractivity contribution in [2.75, 3.05) is 19.7 Å². The van der Waals surface area contributed by atoms with Gasteiger partial charge in [-0.2, -0.15) is 0 Å². The van der Waals surface area contributed by atoms with Crippen LogP contribution in [-0.4, -0.2) is 75.6 Å². The number of amides is 3. The number of primary amides is 1. The summed E-state index contributed by atoms with van der Waals surface area (Å²) in [6.07, 6.45) is 7.20. The van der Waals surface area contributed by atoms with Gasteiger partial charge in [0.1, 0.15) is 11.6 Å². The molecule has 1 aromatic rings. The molecule has 256 valence electrons. The van der Waals surface area contributed by atoms with Gasteiger partial charge in [0.25, 0.3) is 0 Å². The van der Waals surface area contributed by atoms with Gasteiger partial charge < -0.3 is 26.8 Å². The number of aromatic nitrogens is 3.